The second kappa shape index (κ2) is 5.99. The third-order valence-corrected chi connectivity index (χ3v) is 2.81. The lowest BCUT2D eigenvalue weighted by Crippen LogP contribution is -2.35. The summed E-state index contributed by atoms with van der Waals surface area (Å²) in [4.78, 5) is 11.9. The predicted octanol–water partition coefficient (Wildman–Crippen LogP) is 0.771. The second-order valence-electron chi connectivity index (χ2n) is 4.32. The molecule has 1 atom stereocenters. The number of rotatable bonds is 4. The zero-order valence-corrected chi connectivity index (χ0v) is 11.1. The quantitative estimate of drug-likeness (QED) is 0.803. The summed E-state index contributed by atoms with van der Waals surface area (Å²) >= 11 is 0. The Balaban J connectivity index is 2.28. The van der Waals surface area contributed by atoms with Crippen molar-refractivity contribution in [3.05, 3.63) is 30.6 Å². The van der Waals surface area contributed by atoms with Crippen molar-refractivity contribution in [3.8, 4) is 23.7 Å². The Morgan fingerprint density at radius 3 is 2.95 bits per heavy atom. The van der Waals surface area contributed by atoms with Crippen LogP contribution < -0.4 is 11.1 Å². The summed E-state index contributed by atoms with van der Waals surface area (Å²) in [5.74, 6) is 2.71. The molecule has 1 aromatic carbocycles. The summed E-state index contributed by atoms with van der Waals surface area (Å²) in [6, 6.07) is 6.59. The van der Waals surface area contributed by atoms with E-state index in [2.05, 4.69) is 21.4 Å². The summed E-state index contributed by atoms with van der Waals surface area (Å²) in [6.07, 6.45) is 6.94. The van der Waals surface area contributed by atoms with Gasteiger partial charge in [-0.15, -0.1) is 22.5 Å². The average molecular weight is 269 g/mol. The number of carbonyl (C=O) groups is 1. The zero-order chi connectivity index (χ0) is 14.5. The molecule has 20 heavy (non-hydrogen) atoms. The van der Waals surface area contributed by atoms with Crippen molar-refractivity contribution in [1.82, 2.24) is 14.8 Å². The summed E-state index contributed by atoms with van der Waals surface area (Å²) in [6.45, 7) is 0. The number of nitrogens with one attached hydrogen (secondary N) is 1. The van der Waals surface area contributed by atoms with E-state index in [1.165, 1.54) is 0 Å². The lowest BCUT2D eigenvalue weighted by Gasteiger charge is -2.13. The number of hydrogen-bond acceptors (Lipinski definition) is 4. The minimum absolute atomic E-state index is 0.192. The van der Waals surface area contributed by atoms with Crippen molar-refractivity contribution in [2.45, 2.75) is 12.5 Å². The highest BCUT2D eigenvalue weighted by molar-refractivity contribution is 5.98. The lowest BCUT2D eigenvalue weighted by atomic mass is 10.1. The molecule has 1 amide bonds. The molecular formula is C14H15N5O. The molecule has 1 unspecified atom stereocenters. The molecule has 0 saturated heterocycles. The molecule has 0 saturated carbocycles. The summed E-state index contributed by atoms with van der Waals surface area (Å²) in [5, 5.41) is 10.6. The van der Waals surface area contributed by atoms with E-state index in [1.807, 2.05) is 25.2 Å². The largest absolute Gasteiger partial charge is 0.324 e. The van der Waals surface area contributed by atoms with Crippen molar-refractivity contribution >= 4 is 11.6 Å². The molecule has 0 radical (unpaired) electrons. The molecule has 2 rings (SSSR count). The molecule has 1 heterocycles. The molecule has 2 aromatic rings. The summed E-state index contributed by atoms with van der Waals surface area (Å²) < 4.78 is 1.77. The van der Waals surface area contributed by atoms with Gasteiger partial charge in [0.25, 0.3) is 0 Å². The van der Waals surface area contributed by atoms with Crippen LogP contribution >= 0.6 is 0 Å². The van der Waals surface area contributed by atoms with Crippen molar-refractivity contribution < 1.29 is 4.79 Å². The molecule has 6 nitrogen and oxygen atoms in total. The molecule has 0 spiro atoms. The molecule has 0 fully saturated rings. The fourth-order valence-corrected chi connectivity index (χ4v) is 1.76. The van der Waals surface area contributed by atoms with E-state index in [-0.39, 0.29) is 12.3 Å². The number of para-hydroxylation sites is 1. The van der Waals surface area contributed by atoms with Gasteiger partial charge in [0.15, 0.2) is 5.82 Å². The molecule has 1 aromatic heterocycles. The maximum Gasteiger partial charge on any atom is 0.242 e. The highest BCUT2D eigenvalue weighted by atomic mass is 16.2. The third kappa shape index (κ3) is 2.84. The maximum atomic E-state index is 11.9. The highest BCUT2D eigenvalue weighted by Crippen LogP contribution is 2.25. The van der Waals surface area contributed by atoms with E-state index in [4.69, 9.17) is 12.2 Å². The van der Waals surface area contributed by atoms with Gasteiger partial charge in [-0.2, -0.15) is 0 Å². The minimum Gasteiger partial charge on any atom is -0.324 e. The van der Waals surface area contributed by atoms with Crippen LogP contribution in [0.3, 0.4) is 0 Å². The first-order chi connectivity index (χ1) is 9.63. The number of carbonyl (C=O) groups excluding carboxylic acids is 1. The third-order valence-electron chi connectivity index (χ3n) is 2.81. The predicted molar refractivity (Wildman–Crippen MR) is 76.5 cm³/mol. The smallest absolute Gasteiger partial charge is 0.242 e. The van der Waals surface area contributed by atoms with Gasteiger partial charge in [-0.1, -0.05) is 12.1 Å². The van der Waals surface area contributed by atoms with Gasteiger partial charge in [-0.25, -0.2) is 0 Å². The van der Waals surface area contributed by atoms with Gasteiger partial charge < -0.3 is 15.6 Å². The van der Waals surface area contributed by atoms with Crippen LogP contribution in [0.25, 0.3) is 11.4 Å². The number of amides is 1. The Hall–Kier alpha value is -2.65. The first-order valence-corrected chi connectivity index (χ1v) is 6.06. The maximum absolute atomic E-state index is 11.9. The normalized spacial score (nSPS) is 11.7. The molecule has 3 N–H and O–H groups in total. The van der Waals surface area contributed by atoms with Crippen molar-refractivity contribution in [2.24, 2.45) is 12.8 Å². The number of nitrogens with zero attached hydrogens (tertiary/aromatic N) is 3. The minimum atomic E-state index is -0.729. The van der Waals surface area contributed by atoms with Crippen LogP contribution in [0.15, 0.2) is 30.6 Å². The van der Waals surface area contributed by atoms with Gasteiger partial charge in [0.05, 0.1) is 11.7 Å². The number of anilines is 1. The molecule has 6 heteroatoms. The van der Waals surface area contributed by atoms with Crippen LogP contribution in [0.4, 0.5) is 5.69 Å². The van der Waals surface area contributed by atoms with E-state index in [0.717, 1.165) is 5.56 Å². The van der Waals surface area contributed by atoms with Gasteiger partial charge in [0, 0.05) is 19.0 Å². The van der Waals surface area contributed by atoms with Crippen LogP contribution in [0.5, 0.6) is 0 Å². The van der Waals surface area contributed by atoms with Crippen molar-refractivity contribution in [3.63, 3.8) is 0 Å². The number of hydrogen-bond donors (Lipinski definition) is 2. The molecule has 0 aliphatic carbocycles. The van der Waals surface area contributed by atoms with Crippen LogP contribution in [-0.2, 0) is 11.8 Å². The second-order valence-corrected chi connectivity index (χ2v) is 4.32. The SMILES string of the molecule is C#CCC(N)C(=O)Nc1ccccc1-c1nncn1C. The van der Waals surface area contributed by atoms with Crippen LogP contribution in [0, 0.1) is 12.3 Å². The van der Waals surface area contributed by atoms with Gasteiger partial charge in [0.1, 0.15) is 6.33 Å². The molecular weight excluding hydrogens is 254 g/mol. The van der Waals surface area contributed by atoms with E-state index in [9.17, 15) is 4.79 Å². The molecule has 0 bridgehead atoms. The topological polar surface area (TPSA) is 85.8 Å². The van der Waals surface area contributed by atoms with Crippen molar-refractivity contribution in [2.75, 3.05) is 5.32 Å². The van der Waals surface area contributed by atoms with E-state index >= 15 is 0 Å². The Morgan fingerprint density at radius 1 is 1.55 bits per heavy atom. The van der Waals surface area contributed by atoms with Gasteiger partial charge in [0.2, 0.25) is 5.91 Å². The number of nitrogens with two attached hydrogens (primary N) is 1. The Bertz CT molecular complexity index is 656. The Kier molecular flexibility index (Phi) is 4.13. The first kappa shape index (κ1) is 13.8. The first-order valence-electron chi connectivity index (χ1n) is 6.06. The standard InChI is InChI=1S/C14H15N5O/c1-3-6-11(15)14(20)17-12-8-5-4-7-10(12)13-18-16-9-19(13)2/h1,4-5,7-9,11H,6,15H2,2H3,(H,17,20). The average Bonchev–Trinajstić information content (AvgIpc) is 2.86. The van der Waals surface area contributed by atoms with Crippen molar-refractivity contribution in [1.29, 1.82) is 0 Å². The number of aryl methyl sites for hydroxylation is 1. The van der Waals surface area contributed by atoms with Gasteiger partial charge in [-0.3, -0.25) is 4.79 Å². The number of terminal acetylenes is 1. The molecule has 0 aliphatic rings. The lowest BCUT2D eigenvalue weighted by molar-refractivity contribution is -0.117. The monoisotopic (exact) mass is 269 g/mol. The molecule has 102 valence electrons. The summed E-state index contributed by atoms with van der Waals surface area (Å²) in [7, 11) is 1.83. The Labute approximate surface area is 117 Å². The number of benzene rings is 1. The van der Waals surface area contributed by atoms with Crippen LogP contribution in [-0.4, -0.2) is 26.7 Å². The fourth-order valence-electron chi connectivity index (χ4n) is 1.76. The van der Waals surface area contributed by atoms with Gasteiger partial charge >= 0.3 is 0 Å². The molecule has 0 aliphatic heterocycles. The highest BCUT2D eigenvalue weighted by Gasteiger charge is 2.16. The zero-order valence-electron chi connectivity index (χ0n) is 11.1. The van der Waals surface area contributed by atoms with E-state index < -0.39 is 6.04 Å². The van der Waals surface area contributed by atoms with E-state index in [1.54, 1.807) is 17.0 Å². The fraction of sp³-hybridized carbons (Fsp3) is 0.214. The Morgan fingerprint density at radius 2 is 2.30 bits per heavy atom. The van der Waals surface area contributed by atoms with E-state index in [0.29, 0.717) is 11.5 Å². The summed E-state index contributed by atoms with van der Waals surface area (Å²) in [5.41, 5.74) is 7.08. The van der Waals surface area contributed by atoms with Crippen LogP contribution in [0.1, 0.15) is 6.42 Å². The van der Waals surface area contributed by atoms with Gasteiger partial charge in [-0.05, 0) is 12.1 Å². The number of aromatic nitrogens is 3. The van der Waals surface area contributed by atoms with Crippen LogP contribution in [0.2, 0.25) is 0 Å².